The first kappa shape index (κ1) is 32.9. The molecular weight excluding hydrogens is 592 g/mol. The molecule has 0 bridgehead atoms. The van der Waals surface area contributed by atoms with Gasteiger partial charge in [0.15, 0.2) is 0 Å². The third-order valence-electron chi connectivity index (χ3n) is 7.11. The smallest absolute Gasteiger partial charge is 0.271 e. The number of anilines is 1. The first-order valence-corrected chi connectivity index (χ1v) is 15.9. The van der Waals surface area contributed by atoms with Crippen LogP contribution in [0.2, 0.25) is 0 Å². The van der Waals surface area contributed by atoms with E-state index in [9.17, 15) is 28.1 Å². The van der Waals surface area contributed by atoms with Crippen molar-refractivity contribution in [1.29, 1.82) is 0 Å². The van der Waals surface area contributed by atoms with Crippen molar-refractivity contribution in [1.82, 2.24) is 10.2 Å². The molecule has 0 spiro atoms. The van der Waals surface area contributed by atoms with Gasteiger partial charge in [0, 0.05) is 31.1 Å². The fourth-order valence-electron chi connectivity index (χ4n) is 4.84. The average molecular weight is 629 g/mol. The third-order valence-corrected chi connectivity index (χ3v) is 8.90. The molecule has 4 rings (SSSR count). The van der Waals surface area contributed by atoms with Crippen molar-refractivity contribution in [3.63, 3.8) is 0 Å². The number of nitrogens with zero attached hydrogens (tertiary/aromatic N) is 3. The normalized spacial score (nSPS) is 11.9. The first-order chi connectivity index (χ1) is 21.5. The van der Waals surface area contributed by atoms with Crippen LogP contribution in [0.1, 0.15) is 30.5 Å². The summed E-state index contributed by atoms with van der Waals surface area (Å²) < 4.78 is 28.9. The van der Waals surface area contributed by atoms with Crippen LogP contribution in [0.4, 0.5) is 11.4 Å². The van der Waals surface area contributed by atoms with Crippen molar-refractivity contribution in [2.45, 2.75) is 50.7 Å². The molecule has 0 radical (unpaired) electrons. The van der Waals surface area contributed by atoms with Crippen molar-refractivity contribution < 1.29 is 22.9 Å². The number of benzene rings is 4. The molecule has 0 aliphatic heterocycles. The molecule has 1 unspecified atom stereocenters. The van der Waals surface area contributed by atoms with Gasteiger partial charge < -0.3 is 10.2 Å². The summed E-state index contributed by atoms with van der Waals surface area (Å²) in [7, 11) is -4.36. The summed E-state index contributed by atoms with van der Waals surface area (Å²) in [5.41, 5.74) is 2.19. The maximum Gasteiger partial charge on any atom is 0.271 e. The number of hydrogen-bond acceptors (Lipinski definition) is 6. The van der Waals surface area contributed by atoms with Gasteiger partial charge in [-0.15, -0.1) is 0 Å². The Morgan fingerprint density at radius 2 is 1.47 bits per heavy atom. The van der Waals surface area contributed by atoms with Crippen LogP contribution in [0, 0.1) is 17.0 Å². The lowest BCUT2D eigenvalue weighted by Gasteiger charge is -2.34. The minimum atomic E-state index is -4.36. The van der Waals surface area contributed by atoms with Crippen LogP contribution in [0.5, 0.6) is 0 Å². The molecule has 2 amide bonds. The van der Waals surface area contributed by atoms with E-state index in [4.69, 9.17) is 0 Å². The van der Waals surface area contributed by atoms with Gasteiger partial charge in [-0.1, -0.05) is 84.4 Å². The second kappa shape index (κ2) is 14.6. The van der Waals surface area contributed by atoms with E-state index in [2.05, 4.69) is 5.32 Å². The lowest BCUT2D eigenvalue weighted by atomic mass is 10.0. The van der Waals surface area contributed by atoms with Crippen LogP contribution in [-0.2, 0) is 32.6 Å². The number of amides is 2. The van der Waals surface area contributed by atoms with Crippen molar-refractivity contribution in [3.05, 3.63) is 136 Å². The van der Waals surface area contributed by atoms with Gasteiger partial charge in [-0.25, -0.2) is 8.42 Å². The Balaban J connectivity index is 1.82. The molecule has 234 valence electrons. The Morgan fingerprint density at radius 1 is 0.844 bits per heavy atom. The minimum absolute atomic E-state index is 0.0241. The highest BCUT2D eigenvalue weighted by Gasteiger charge is 2.35. The molecule has 0 heterocycles. The predicted octanol–water partition coefficient (Wildman–Crippen LogP) is 5.26. The molecule has 0 saturated heterocycles. The highest BCUT2D eigenvalue weighted by atomic mass is 32.2. The van der Waals surface area contributed by atoms with E-state index < -0.39 is 33.4 Å². The molecule has 11 heteroatoms. The van der Waals surface area contributed by atoms with Gasteiger partial charge in [0.25, 0.3) is 15.7 Å². The Hall–Kier alpha value is -5.03. The quantitative estimate of drug-likeness (QED) is 0.159. The second-order valence-corrected chi connectivity index (χ2v) is 12.8. The number of rotatable bonds is 13. The number of non-ortho nitro benzene ring substituents is 1. The van der Waals surface area contributed by atoms with Crippen LogP contribution in [0.25, 0.3) is 0 Å². The van der Waals surface area contributed by atoms with Crippen molar-refractivity contribution in [2.75, 3.05) is 10.8 Å². The number of nitro groups is 1. The van der Waals surface area contributed by atoms with Crippen molar-refractivity contribution in [3.8, 4) is 0 Å². The molecule has 0 aliphatic rings. The molecule has 1 N–H and O–H groups in total. The fraction of sp³-hybridized carbons (Fsp3) is 0.235. The molecule has 0 aliphatic carbocycles. The highest BCUT2D eigenvalue weighted by Crippen LogP contribution is 2.28. The highest BCUT2D eigenvalue weighted by molar-refractivity contribution is 7.92. The van der Waals surface area contributed by atoms with Crippen LogP contribution < -0.4 is 9.62 Å². The summed E-state index contributed by atoms with van der Waals surface area (Å²) in [4.78, 5) is 40.4. The molecule has 4 aromatic carbocycles. The van der Waals surface area contributed by atoms with Gasteiger partial charge in [-0.3, -0.25) is 24.0 Å². The van der Waals surface area contributed by atoms with E-state index in [1.807, 2.05) is 75.4 Å². The van der Waals surface area contributed by atoms with Crippen molar-refractivity contribution in [2.24, 2.45) is 0 Å². The van der Waals surface area contributed by atoms with E-state index in [0.717, 1.165) is 27.1 Å². The van der Waals surface area contributed by atoms with Gasteiger partial charge in [0.1, 0.15) is 12.6 Å². The zero-order valence-electron chi connectivity index (χ0n) is 25.4. The maximum atomic E-state index is 14.4. The van der Waals surface area contributed by atoms with E-state index in [1.165, 1.54) is 35.2 Å². The Labute approximate surface area is 263 Å². The van der Waals surface area contributed by atoms with E-state index >= 15 is 0 Å². The van der Waals surface area contributed by atoms with Crippen LogP contribution in [0.3, 0.4) is 0 Å². The molecular formula is C34H36N4O6S. The summed E-state index contributed by atoms with van der Waals surface area (Å²) >= 11 is 0. The SMILES string of the molecule is Cc1ccc(CN(C(=O)CN(c2cccc([N+](=O)[O-])c2)S(=O)(=O)c2ccccc2)C(Cc2ccccc2)C(=O)NC(C)C)cc1. The predicted molar refractivity (Wildman–Crippen MR) is 173 cm³/mol. The number of hydrogen-bond donors (Lipinski definition) is 1. The molecule has 4 aromatic rings. The zero-order valence-corrected chi connectivity index (χ0v) is 26.2. The van der Waals surface area contributed by atoms with E-state index in [-0.39, 0.29) is 41.2 Å². The van der Waals surface area contributed by atoms with Crippen molar-refractivity contribution >= 4 is 33.2 Å². The molecule has 45 heavy (non-hydrogen) atoms. The van der Waals surface area contributed by atoms with Crippen LogP contribution in [0.15, 0.2) is 114 Å². The van der Waals surface area contributed by atoms with Gasteiger partial charge in [0.05, 0.1) is 15.5 Å². The number of nitrogens with one attached hydrogen (secondary N) is 1. The maximum absolute atomic E-state index is 14.4. The molecule has 0 fully saturated rings. The van der Waals surface area contributed by atoms with Crippen LogP contribution >= 0.6 is 0 Å². The molecule has 0 aromatic heterocycles. The van der Waals surface area contributed by atoms with Gasteiger partial charge in [-0.05, 0) is 50.1 Å². The lowest BCUT2D eigenvalue weighted by molar-refractivity contribution is -0.384. The number of carbonyl (C=O) groups is 2. The van der Waals surface area contributed by atoms with E-state index in [1.54, 1.807) is 18.2 Å². The third kappa shape index (κ3) is 8.54. The Kier molecular flexibility index (Phi) is 10.7. The summed E-state index contributed by atoms with van der Waals surface area (Å²) in [6, 6.07) is 28.2. The molecule has 10 nitrogen and oxygen atoms in total. The van der Waals surface area contributed by atoms with Crippen LogP contribution in [-0.4, -0.2) is 48.7 Å². The topological polar surface area (TPSA) is 130 Å². The summed E-state index contributed by atoms with van der Waals surface area (Å²) in [6.45, 7) is 4.90. The summed E-state index contributed by atoms with van der Waals surface area (Å²) in [6.07, 6.45) is 0.180. The van der Waals surface area contributed by atoms with Gasteiger partial charge >= 0.3 is 0 Å². The average Bonchev–Trinajstić information content (AvgIpc) is 3.02. The Bertz CT molecular complexity index is 1730. The fourth-order valence-corrected chi connectivity index (χ4v) is 6.26. The summed E-state index contributed by atoms with van der Waals surface area (Å²) in [5.74, 6) is -1.04. The zero-order chi connectivity index (χ0) is 32.6. The number of nitro benzene ring substituents is 1. The number of carbonyl (C=O) groups excluding carboxylic acids is 2. The van der Waals surface area contributed by atoms with Gasteiger partial charge in [-0.2, -0.15) is 0 Å². The molecule has 0 saturated carbocycles. The summed E-state index contributed by atoms with van der Waals surface area (Å²) in [5, 5.41) is 14.5. The molecule has 1 atom stereocenters. The monoisotopic (exact) mass is 628 g/mol. The minimum Gasteiger partial charge on any atom is -0.352 e. The lowest BCUT2D eigenvalue weighted by Crippen LogP contribution is -2.54. The number of sulfonamides is 1. The second-order valence-electron chi connectivity index (χ2n) is 11.0. The largest absolute Gasteiger partial charge is 0.352 e. The Morgan fingerprint density at radius 3 is 2.07 bits per heavy atom. The standard InChI is InChI=1S/C34H36N4O6S/c1-25(2)35-34(40)32(21-27-11-6-4-7-12-27)36(23-28-19-17-26(3)18-20-28)33(39)24-37(29-13-10-14-30(22-29)38(41)42)45(43,44)31-15-8-5-9-16-31/h4-20,22,25,32H,21,23-24H2,1-3H3,(H,35,40). The van der Waals surface area contributed by atoms with Gasteiger partial charge in [0.2, 0.25) is 11.8 Å². The van der Waals surface area contributed by atoms with E-state index in [0.29, 0.717) is 0 Å². The first-order valence-electron chi connectivity index (χ1n) is 14.5. The number of aryl methyl sites for hydroxylation is 1.